The molecule has 2 rings (SSSR count). The second kappa shape index (κ2) is 6.19. The predicted octanol–water partition coefficient (Wildman–Crippen LogP) is 0.152. The first kappa shape index (κ1) is 14.7. The van der Waals surface area contributed by atoms with Crippen molar-refractivity contribution in [1.29, 1.82) is 0 Å². The molecule has 2 unspecified atom stereocenters. The summed E-state index contributed by atoms with van der Waals surface area (Å²) in [6, 6.07) is 0.228. The molecular weight excluding hydrogens is 260 g/mol. The number of piperidine rings is 1. The maximum Gasteiger partial charge on any atom is 0.323 e. The zero-order valence-electron chi connectivity index (χ0n) is 12.1. The standard InChI is InChI=1S/C12H22N6O2/c1-7(2)20-12-15-10(17-13)14-11(16-12)18-5-4-8(3)9(19)6-18/h7-9,19H,4-6,13H2,1-3H3,(H,14,15,16,17). The van der Waals surface area contributed by atoms with Crippen LogP contribution in [-0.4, -0.2) is 45.4 Å². The van der Waals surface area contributed by atoms with Crippen LogP contribution in [0.4, 0.5) is 11.9 Å². The van der Waals surface area contributed by atoms with Crippen LogP contribution >= 0.6 is 0 Å². The lowest BCUT2D eigenvalue weighted by molar-refractivity contribution is 0.102. The van der Waals surface area contributed by atoms with Crippen LogP contribution in [0.3, 0.4) is 0 Å². The van der Waals surface area contributed by atoms with Gasteiger partial charge in [-0.1, -0.05) is 6.92 Å². The van der Waals surface area contributed by atoms with Gasteiger partial charge in [0, 0.05) is 13.1 Å². The molecular formula is C12H22N6O2. The maximum absolute atomic E-state index is 9.97. The maximum atomic E-state index is 9.97. The third-order valence-electron chi connectivity index (χ3n) is 3.27. The Labute approximate surface area is 118 Å². The number of rotatable bonds is 4. The minimum atomic E-state index is -0.385. The molecule has 2 atom stereocenters. The second-order valence-corrected chi connectivity index (χ2v) is 5.33. The SMILES string of the molecule is CC(C)Oc1nc(NN)nc(N2CCC(C)C(O)C2)n1. The van der Waals surface area contributed by atoms with Gasteiger partial charge in [0.15, 0.2) is 0 Å². The zero-order valence-corrected chi connectivity index (χ0v) is 12.1. The largest absolute Gasteiger partial charge is 0.461 e. The van der Waals surface area contributed by atoms with Crippen LogP contribution in [0, 0.1) is 5.92 Å². The first-order chi connectivity index (χ1) is 9.49. The molecule has 1 saturated heterocycles. The summed E-state index contributed by atoms with van der Waals surface area (Å²) >= 11 is 0. The molecule has 20 heavy (non-hydrogen) atoms. The molecule has 1 aromatic heterocycles. The Morgan fingerprint density at radius 1 is 1.40 bits per heavy atom. The van der Waals surface area contributed by atoms with Gasteiger partial charge in [0.05, 0.1) is 12.2 Å². The third kappa shape index (κ3) is 3.45. The Balaban J connectivity index is 2.21. The molecule has 0 bridgehead atoms. The summed E-state index contributed by atoms with van der Waals surface area (Å²) in [7, 11) is 0. The highest BCUT2D eigenvalue weighted by atomic mass is 16.5. The van der Waals surface area contributed by atoms with Crippen LogP contribution in [0.5, 0.6) is 6.01 Å². The van der Waals surface area contributed by atoms with E-state index in [1.807, 2.05) is 25.7 Å². The van der Waals surface area contributed by atoms with E-state index in [1.54, 1.807) is 0 Å². The number of aliphatic hydroxyl groups is 1. The lowest BCUT2D eigenvalue weighted by Gasteiger charge is -2.34. The van der Waals surface area contributed by atoms with Crippen molar-refractivity contribution in [1.82, 2.24) is 15.0 Å². The van der Waals surface area contributed by atoms with Gasteiger partial charge < -0.3 is 14.7 Å². The van der Waals surface area contributed by atoms with Gasteiger partial charge in [-0.3, -0.25) is 5.43 Å². The molecule has 0 amide bonds. The Kier molecular flexibility index (Phi) is 4.56. The van der Waals surface area contributed by atoms with Gasteiger partial charge in [-0.25, -0.2) is 5.84 Å². The molecule has 1 aliphatic heterocycles. The van der Waals surface area contributed by atoms with Crippen LogP contribution in [0.15, 0.2) is 0 Å². The molecule has 0 saturated carbocycles. The molecule has 2 heterocycles. The second-order valence-electron chi connectivity index (χ2n) is 5.33. The Bertz CT molecular complexity index is 456. The van der Waals surface area contributed by atoms with E-state index < -0.39 is 0 Å². The quantitative estimate of drug-likeness (QED) is 0.529. The van der Waals surface area contributed by atoms with E-state index in [1.165, 1.54) is 0 Å². The topological polar surface area (TPSA) is 109 Å². The monoisotopic (exact) mass is 282 g/mol. The molecule has 8 heteroatoms. The van der Waals surface area contributed by atoms with E-state index in [0.29, 0.717) is 12.5 Å². The summed E-state index contributed by atoms with van der Waals surface area (Å²) in [6.45, 7) is 7.11. The van der Waals surface area contributed by atoms with Crippen LogP contribution < -0.4 is 20.9 Å². The van der Waals surface area contributed by atoms with Crippen molar-refractivity contribution in [3.63, 3.8) is 0 Å². The van der Waals surface area contributed by atoms with E-state index >= 15 is 0 Å². The van der Waals surface area contributed by atoms with E-state index in [4.69, 9.17) is 10.6 Å². The number of nitrogens with one attached hydrogen (secondary N) is 1. The van der Waals surface area contributed by atoms with Gasteiger partial charge >= 0.3 is 6.01 Å². The van der Waals surface area contributed by atoms with E-state index in [-0.39, 0.29) is 30.1 Å². The minimum absolute atomic E-state index is 0.0390. The van der Waals surface area contributed by atoms with Crippen LogP contribution in [0.25, 0.3) is 0 Å². The summed E-state index contributed by atoms with van der Waals surface area (Å²) in [5.74, 6) is 6.37. The smallest absolute Gasteiger partial charge is 0.323 e. The molecule has 0 aromatic carbocycles. The molecule has 0 radical (unpaired) electrons. The fourth-order valence-electron chi connectivity index (χ4n) is 2.05. The number of nitrogens with zero attached hydrogens (tertiary/aromatic N) is 4. The lowest BCUT2D eigenvalue weighted by atomic mass is 9.96. The lowest BCUT2D eigenvalue weighted by Crippen LogP contribution is -2.43. The van der Waals surface area contributed by atoms with E-state index in [0.717, 1.165) is 13.0 Å². The summed E-state index contributed by atoms with van der Waals surface area (Å²) < 4.78 is 5.49. The molecule has 112 valence electrons. The molecule has 1 aliphatic rings. The van der Waals surface area contributed by atoms with Gasteiger partial charge in [0.2, 0.25) is 11.9 Å². The normalized spacial score (nSPS) is 23.0. The van der Waals surface area contributed by atoms with Gasteiger partial charge in [-0.05, 0) is 26.2 Å². The highest BCUT2D eigenvalue weighted by Crippen LogP contribution is 2.22. The fraction of sp³-hybridized carbons (Fsp3) is 0.750. The number of aromatic nitrogens is 3. The average Bonchev–Trinajstić information content (AvgIpc) is 2.40. The molecule has 8 nitrogen and oxygen atoms in total. The molecule has 1 fully saturated rings. The summed E-state index contributed by atoms with van der Waals surface area (Å²) in [5.41, 5.74) is 2.41. The van der Waals surface area contributed by atoms with Gasteiger partial charge in [0.1, 0.15) is 0 Å². The van der Waals surface area contributed by atoms with Crippen molar-refractivity contribution in [3.8, 4) is 6.01 Å². The number of hydrogen-bond acceptors (Lipinski definition) is 8. The Morgan fingerprint density at radius 2 is 2.15 bits per heavy atom. The predicted molar refractivity (Wildman–Crippen MR) is 75.4 cm³/mol. The van der Waals surface area contributed by atoms with Crippen LogP contribution in [0.2, 0.25) is 0 Å². The molecule has 0 spiro atoms. The number of nitrogen functional groups attached to an aromatic ring is 1. The number of anilines is 2. The highest BCUT2D eigenvalue weighted by molar-refractivity contribution is 5.38. The van der Waals surface area contributed by atoms with Crippen molar-refractivity contribution in [2.24, 2.45) is 11.8 Å². The van der Waals surface area contributed by atoms with Crippen LogP contribution in [-0.2, 0) is 0 Å². The van der Waals surface area contributed by atoms with Gasteiger partial charge in [-0.15, -0.1) is 0 Å². The van der Waals surface area contributed by atoms with Gasteiger partial charge in [-0.2, -0.15) is 15.0 Å². The van der Waals surface area contributed by atoms with Crippen molar-refractivity contribution >= 4 is 11.9 Å². The summed E-state index contributed by atoms with van der Waals surface area (Å²) in [5, 5.41) is 9.97. The van der Waals surface area contributed by atoms with Crippen molar-refractivity contribution < 1.29 is 9.84 Å². The Morgan fingerprint density at radius 3 is 2.75 bits per heavy atom. The summed E-state index contributed by atoms with van der Waals surface area (Å²) in [6.07, 6.45) is 0.464. The summed E-state index contributed by atoms with van der Waals surface area (Å²) in [4.78, 5) is 14.5. The first-order valence-corrected chi connectivity index (χ1v) is 6.82. The van der Waals surface area contributed by atoms with Crippen molar-refractivity contribution in [2.75, 3.05) is 23.4 Å². The molecule has 0 aliphatic carbocycles. The van der Waals surface area contributed by atoms with Crippen molar-refractivity contribution in [2.45, 2.75) is 39.4 Å². The van der Waals surface area contributed by atoms with E-state index in [2.05, 4.69) is 20.4 Å². The van der Waals surface area contributed by atoms with Crippen LogP contribution in [0.1, 0.15) is 27.2 Å². The first-order valence-electron chi connectivity index (χ1n) is 6.82. The van der Waals surface area contributed by atoms with E-state index in [9.17, 15) is 5.11 Å². The molecule has 4 N–H and O–H groups in total. The van der Waals surface area contributed by atoms with Crippen molar-refractivity contribution in [3.05, 3.63) is 0 Å². The number of hydrogen-bond donors (Lipinski definition) is 3. The third-order valence-corrected chi connectivity index (χ3v) is 3.27. The number of aliphatic hydroxyl groups excluding tert-OH is 1. The highest BCUT2D eigenvalue weighted by Gasteiger charge is 2.26. The number of nitrogens with two attached hydrogens (primary N) is 1. The van der Waals surface area contributed by atoms with Gasteiger partial charge in [0.25, 0.3) is 0 Å². The molecule has 1 aromatic rings. The minimum Gasteiger partial charge on any atom is -0.461 e. The Hall–Kier alpha value is -1.67. The zero-order chi connectivity index (χ0) is 14.7. The average molecular weight is 282 g/mol. The number of ether oxygens (including phenoxy) is 1. The fourth-order valence-corrected chi connectivity index (χ4v) is 2.05. The number of β-amino-alcohol motifs (C(OH)–C–C–N with tert-alkyl or cyclic N) is 1. The number of hydrazine groups is 1.